The highest BCUT2D eigenvalue weighted by molar-refractivity contribution is 6.01. The van der Waals surface area contributed by atoms with Crippen LogP contribution in [0.1, 0.15) is 50.9 Å². The number of anilines is 1. The Kier molecular flexibility index (Phi) is 4.34. The molecule has 0 aliphatic carbocycles. The van der Waals surface area contributed by atoms with Crippen LogP contribution in [-0.2, 0) is 4.74 Å². The molecule has 0 radical (unpaired) electrons. The van der Waals surface area contributed by atoms with Crippen molar-refractivity contribution in [2.24, 2.45) is 0 Å². The highest BCUT2D eigenvalue weighted by Gasteiger charge is 2.46. The number of aromatic nitrogens is 1. The molecular weight excluding hydrogens is 320 g/mol. The molecule has 1 aromatic rings. The van der Waals surface area contributed by atoms with Gasteiger partial charge in [-0.3, -0.25) is 4.79 Å². The molecule has 2 aliphatic heterocycles. The first kappa shape index (κ1) is 17.5. The summed E-state index contributed by atoms with van der Waals surface area (Å²) < 4.78 is 5.46. The third-order valence-electron chi connectivity index (χ3n) is 4.71. The number of hydrogen-bond acceptors (Lipinski definition) is 5. The van der Waals surface area contributed by atoms with Gasteiger partial charge in [-0.2, -0.15) is 0 Å². The molecule has 7 nitrogen and oxygen atoms in total. The van der Waals surface area contributed by atoms with Crippen LogP contribution in [0.15, 0.2) is 18.3 Å². The van der Waals surface area contributed by atoms with Crippen molar-refractivity contribution in [1.29, 1.82) is 0 Å². The molecule has 1 N–H and O–H groups in total. The Labute approximate surface area is 148 Å². The lowest BCUT2D eigenvalue weighted by molar-refractivity contribution is 0.0143. The topological polar surface area (TPSA) is 74.8 Å². The molecule has 2 aliphatic rings. The molecule has 0 saturated carbocycles. The average Bonchev–Trinajstić information content (AvgIpc) is 2.54. The number of carbonyl (C=O) groups is 2. The van der Waals surface area contributed by atoms with Gasteiger partial charge in [-0.15, -0.1) is 0 Å². The molecule has 3 rings (SSSR count). The van der Waals surface area contributed by atoms with E-state index in [1.54, 1.807) is 23.2 Å². The van der Waals surface area contributed by atoms with Crippen LogP contribution in [0.3, 0.4) is 0 Å². The molecule has 3 heterocycles. The van der Waals surface area contributed by atoms with Crippen LogP contribution in [0.2, 0.25) is 0 Å². The minimum atomic E-state index is -0.510. The van der Waals surface area contributed by atoms with Crippen LogP contribution in [0, 0.1) is 0 Å². The summed E-state index contributed by atoms with van der Waals surface area (Å²) in [6.07, 6.45) is 2.69. The monoisotopic (exact) mass is 346 g/mol. The Morgan fingerprint density at radius 3 is 2.64 bits per heavy atom. The number of likely N-dealkylation sites (tertiary alicyclic amines) is 1. The number of nitrogens with one attached hydrogen (secondary N) is 1. The first-order valence-corrected chi connectivity index (χ1v) is 8.79. The zero-order chi connectivity index (χ0) is 18.2. The fourth-order valence-electron chi connectivity index (χ4n) is 3.57. The van der Waals surface area contributed by atoms with Gasteiger partial charge in [0.1, 0.15) is 17.1 Å². The number of pyridine rings is 1. The van der Waals surface area contributed by atoms with Crippen LogP contribution in [0.4, 0.5) is 10.6 Å². The summed E-state index contributed by atoms with van der Waals surface area (Å²) in [4.78, 5) is 33.1. The molecule has 7 heteroatoms. The SMILES string of the molecule is CCN1c2ncccc2C(=O)NC12CCN(C(=O)OC(C)(C)C)CC2. The Hall–Kier alpha value is -2.31. The fourth-order valence-corrected chi connectivity index (χ4v) is 3.57. The summed E-state index contributed by atoms with van der Waals surface area (Å²) in [7, 11) is 0. The van der Waals surface area contributed by atoms with Crippen molar-refractivity contribution in [3.8, 4) is 0 Å². The molecule has 1 spiro atoms. The van der Waals surface area contributed by atoms with Gasteiger partial charge in [0.2, 0.25) is 0 Å². The van der Waals surface area contributed by atoms with Gasteiger partial charge in [0.05, 0.1) is 5.56 Å². The van der Waals surface area contributed by atoms with Gasteiger partial charge in [-0.25, -0.2) is 9.78 Å². The van der Waals surface area contributed by atoms with Gasteiger partial charge in [0.25, 0.3) is 5.91 Å². The summed E-state index contributed by atoms with van der Waals surface area (Å²) >= 11 is 0. The maximum Gasteiger partial charge on any atom is 0.410 e. The van der Waals surface area contributed by atoms with E-state index >= 15 is 0 Å². The maximum absolute atomic E-state index is 12.5. The van der Waals surface area contributed by atoms with Crippen LogP contribution >= 0.6 is 0 Å². The second-order valence-corrected chi connectivity index (χ2v) is 7.57. The molecular formula is C18H26N4O3. The Morgan fingerprint density at radius 1 is 1.36 bits per heavy atom. The molecule has 0 aromatic carbocycles. The number of ether oxygens (including phenoxy) is 1. The molecule has 0 bridgehead atoms. The molecule has 2 amide bonds. The van der Waals surface area contributed by atoms with Crippen molar-refractivity contribution in [3.63, 3.8) is 0 Å². The van der Waals surface area contributed by atoms with Crippen LogP contribution in [0.5, 0.6) is 0 Å². The lowest BCUT2D eigenvalue weighted by Crippen LogP contribution is -2.68. The third-order valence-corrected chi connectivity index (χ3v) is 4.71. The smallest absolute Gasteiger partial charge is 0.410 e. The van der Waals surface area contributed by atoms with E-state index in [1.807, 2.05) is 20.8 Å². The molecule has 1 aromatic heterocycles. The van der Waals surface area contributed by atoms with Gasteiger partial charge in [-0.1, -0.05) is 0 Å². The predicted molar refractivity (Wildman–Crippen MR) is 94.5 cm³/mol. The molecule has 136 valence electrons. The normalized spacial score (nSPS) is 19.4. The zero-order valence-electron chi connectivity index (χ0n) is 15.3. The molecule has 0 unspecified atom stereocenters. The minimum Gasteiger partial charge on any atom is -0.444 e. The number of rotatable bonds is 1. The molecule has 1 saturated heterocycles. The number of hydrogen-bond donors (Lipinski definition) is 1. The maximum atomic E-state index is 12.5. The second-order valence-electron chi connectivity index (χ2n) is 7.57. The Morgan fingerprint density at radius 2 is 2.04 bits per heavy atom. The van der Waals surface area contributed by atoms with Crippen LogP contribution < -0.4 is 10.2 Å². The quantitative estimate of drug-likeness (QED) is 0.845. The van der Waals surface area contributed by atoms with Gasteiger partial charge < -0.3 is 19.9 Å². The summed E-state index contributed by atoms with van der Waals surface area (Å²) in [5.41, 5.74) is -0.403. The number of amides is 2. The Bertz CT molecular complexity index is 675. The van der Waals surface area contributed by atoms with E-state index in [0.29, 0.717) is 31.5 Å². The second kappa shape index (κ2) is 6.20. The highest BCUT2D eigenvalue weighted by atomic mass is 16.6. The van der Waals surface area contributed by atoms with E-state index < -0.39 is 11.3 Å². The van der Waals surface area contributed by atoms with Crippen molar-refractivity contribution >= 4 is 17.8 Å². The summed E-state index contributed by atoms with van der Waals surface area (Å²) in [5.74, 6) is 0.623. The summed E-state index contributed by atoms with van der Waals surface area (Å²) in [6.45, 7) is 9.44. The third kappa shape index (κ3) is 3.27. The van der Waals surface area contributed by atoms with E-state index in [4.69, 9.17) is 4.74 Å². The predicted octanol–water partition coefficient (Wildman–Crippen LogP) is 2.38. The summed E-state index contributed by atoms with van der Waals surface area (Å²) in [5, 5.41) is 3.16. The van der Waals surface area contributed by atoms with E-state index in [0.717, 1.165) is 12.4 Å². The van der Waals surface area contributed by atoms with Gasteiger partial charge in [0, 0.05) is 38.7 Å². The number of fused-ring (bicyclic) bond motifs is 1. The van der Waals surface area contributed by atoms with Gasteiger partial charge in [-0.05, 0) is 39.8 Å². The van der Waals surface area contributed by atoms with E-state index in [9.17, 15) is 9.59 Å². The van der Waals surface area contributed by atoms with Crippen molar-refractivity contribution in [1.82, 2.24) is 15.2 Å². The lowest BCUT2D eigenvalue weighted by Gasteiger charge is -2.51. The minimum absolute atomic E-state index is 0.0986. The largest absolute Gasteiger partial charge is 0.444 e. The van der Waals surface area contributed by atoms with E-state index in [2.05, 4.69) is 22.1 Å². The summed E-state index contributed by atoms with van der Waals surface area (Å²) in [6, 6.07) is 3.57. The van der Waals surface area contributed by atoms with E-state index in [-0.39, 0.29) is 12.0 Å². The fraction of sp³-hybridized carbons (Fsp3) is 0.611. The molecule has 25 heavy (non-hydrogen) atoms. The van der Waals surface area contributed by atoms with Crippen LogP contribution in [0.25, 0.3) is 0 Å². The van der Waals surface area contributed by atoms with Crippen molar-refractivity contribution in [2.75, 3.05) is 24.5 Å². The van der Waals surface area contributed by atoms with Crippen molar-refractivity contribution in [2.45, 2.75) is 51.8 Å². The van der Waals surface area contributed by atoms with Gasteiger partial charge >= 0.3 is 6.09 Å². The van der Waals surface area contributed by atoms with Gasteiger partial charge in [0.15, 0.2) is 0 Å². The lowest BCUT2D eigenvalue weighted by atomic mass is 9.91. The van der Waals surface area contributed by atoms with Crippen molar-refractivity contribution in [3.05, 3.63) is 23.9 Å². The molecule has 0 atom stereocenters. The number of nitrogens with zero attached hydrogens (tertiary/aromatic N) is 3. The molecule has 1 fully saturated rings. The highest BCUT2D eigenvalue weighted by Crippen LogP contribution is 2.36. The average molecular weight is 346 g/mol. The number of piperidine rings is 1. The van der Waals surface area contributed by atoms with Crippen molar-refractivity contribution < 1.29 is 14.3 Å². The Balaban J connectivity index is 1.78. The first-order chi connectivity index (χ1) is 11.8. The zero-order valence-corrected chi connectivity index (χ0v) is 15.3. The standard InChI is InChI=1S/C18H26N4O3/c1-5-22-14-13(7-6-10-19-14)15(23)20-18(22)8-11-21(12-9-18)16(24)25-17(2,3)4/h6-7,10H,5,8-9,11-12H2,1-4H3,(H,20,23). The first-order valence-electron chi connectivity index (χ1n) is 8.79. The van der Waals surface area contributed by atoms with E-state index in [1.165, 1.54) is 0 Å². The number of carbonyl (C=O) groups excluding carboxylic acids is 2. The van der Waals surface area contributed by atoms with Crippen LogP contribution in [-0.4, -0.2) is 52.8 Å².